The first kappa shape index (κ1) is 20.3. The van der Waals surface area contributed by atoms with Crippen molar-refractivity contribution >= 4 is 17.6 Å². The molecule has 2 aromatic rings. The number of halogens is 3. The first-order chi connectivity index (χ1) is 12.7. The SMILES string of the molecule is Cc1cccc(OCCC(=O)OCC(=O)Nc2cccc(C(F)(F)F)c2)c1. The molecule has 0 aliphatic heterocycles. The van der Waals surface area contributed by atoms with Gasteiger partial charge in [0, 0.05) is 5.69 Å². The van der Waals surface area contributed by atoms with Crippen molar-refractivity contribution in [1.29, 1.82) is 0 Å². The number of nitrogens with one attached hydrogen (secondary N) is 1. The summed E-state index contributed by atoms with van der Waals surface area (Å²) in [7, 11) is 0. The number of hydrogen-bond acceptors (Lipinski definition) is 4. The Morgan fingerprint density at radius 3 is 2.52 bits per heavy atom. The van der Waals surface area contributed by atoms with Crippen LogP contribution in [0.15, 0.2) is 48.5 Å². The third kappa shape index (κ3) is 7.01. The Bertz CT molecular complexity index is 806. The summed E-state index contributed by atoms with van der Waals surface area (Å²) in [6.45, 7) is 1.39. The highest BCUT2D eigenvalue weighted by molar-refractivity contribution is 5.92. The number of benzene rings is 2. The van der Waals surface area contributed by atoms with E-state index < -0.39 is 30.2 Å². The number of hydrogen-bond donors (Lipinski definition) is 1. The summed E-state index contributed by atoms with van der Waals surface area (Å²) in [6, 6.07) is 11.5. The maximum absolute atomic E-state index is 12.6. The molecule has 2 rings (SSSR count). The molecule has 0 aromatic heterocycles. The van der Waals surface area contributed by atoms with Gasteiger partial charge in [0.25, 0.3) is 5.91 Å². The van der Waals surface area contributed by atoms with Crippen molar-refractivity contribution in [2.24, 2.45) is 0 Å². The molecule has 0 aliphatic carbocycles. The molecule has 8 heteroatoms. The van der Waals surface area contributed by atoms with E-state index in [-0.39, 0.29) is 18.7 Å². The molecule has 0 radical (unpaired) electrons. The zero-order valence-corrected chi connectivity index (χ0v) is 14.5. The molecule has 0 unspecified atom stereocenters. The highest BCUT2D eigenvalue weighted by Crippen LogP contribution is 2.30. The molecule has 0 saturated heterocycles. The monoisotopic (exact) mass is 381 g/mol. The molecule has 144 valence electrons. The molecule has 1 N–H and O–H groups in total. The normalized spacial score (nSPS) is 11.0. The summed E-state index contributed by atoms with van der Waals surface area (Å²) >= 11 is 0. The van der Waals surface area contributed by atoms with Gasteiger partial charge in [-0.3, -0.25) is 9.59 Å². The van der Waals surface area contributed by atoms with Crippen LogP contribution in [-0.2, 0) is 20.5 Å². The van der Waals surface area contributed by atoms with Crippen LogP contribution in [0.2, 0.25) is 0 Å². The van der Waals surface area contributed by atoms with E-state index in [1.54, 1.807) is 6.07 Å². The lowest BCUT2D eigenvalue weighted by molar-refractivity contribution is -0.147. The van der Waals surface area contributed by atoms with Crippen LogP contribution >= 0.6 is 0 Å². The van der Waals surface area contributed by atoms with Crippen molar-refractivity contribution in [3.63, 3.8) is 0 Å². The average molecular weight is 381 g/mol. The predicted molar refractivity (Wildman–Crippen MR) is 92.3 cm³/mol. The van der Waals surface area contributed by atoms with Gasteiger partial charge < -0.3 is 14.8 Å². The van der Waals surface area contributed by atoms with Gasteiger partial charge in [-0.1, -0.05) is 18.2 Å². The lowest BCUT2D eigenvalue weighted by Crippen LogP contribution is -2.22. The Morgan fingerprint density at radius 1 is 1.07 bits per heavy atom. The van der Waals surface area contributed by atoms with Crippen LogP contribution in [0.5, 0.6) is 5.75 Å². The van der Waals surface area contributed by atoms with Gasteiger partial charge in [0.05, 0.1) is 18.6 Å². The maximum atomic E-state index is 12.6. The van der Waals surface area contributed by atoms with Crippen LogP contribution in [0.4, 0.5) is 18.9 Å². The maximum Gasteiger partial charge on any atom is 0.416 e. The number of aryl methyl sites for hydroxylation is 1. The van der Waals surface area contributed by atoms with E-state index in [0.29, 0.717) is 5.75 Å². The van der Waals surface area contributed by atoms with E-state index in [9.17, 15) is 22.8 Å². The van der Waals surface area contributed by atoms with Crippen molar-refractivity contribution in [1.82, 2.24) is 0 Å². The standard InChI is InChI=1S/C19H18F3NO4/c1-13-4-2-7-16(10-13)26-9-8-18(25)27-12-17(24)23-15-6-3-5-14(11-15)19(20,21)22/h2-7,10-11H,8-9,12H2,1H3,(H,23,24). The van der Waals surface area contributed by atoms with E-state index in [1.165, 1.54) is 12.1 Å². The number of anilines is 1. The topological polar surface area (TPSA) is 64.6 Å². The first-order valence-corrected chi connectivity index (χ1v) is 8.06. The molecule has 0 spiro atoms. The molecule has 2 aromatic carbocycles. The van der Waals surface area contributed by atoms with Gasteiger partial charge in [0.2, 0.25) is 0 Å². The Hall–Kier alpha value is -3.03. The smallest absolute Gasteiger partial charge is 0.416 e. The van der Waals surface area contributed by atoms with E-state index in [2.05, 4.69) is 5.32 Å². The summed E-state index contributed by atoms with van der Waals surface area (Å²) < 4.78 is 48.1. The number of carbonyl (C=O) groups excluding carboxylic acids is 2. The molecular weight excluding hydrogens is 363 g/mol. The number of alkyl halides is 3. The number of carbonyl (C=O) groups is 2. The molecule has 0 atom stereocenters. The second-order valence-corrected chi connectivity index (χ2v) is 5.70. The average Bonchev–Trinajstić information content (AvgIpc) is 2.59. The highest BCUT2D eigenvalue weighted by atomic mass is 19.4. The van der Waals surface area contributed by atoms with E-state index in [4.69, 9.17) is 9.47 Å². The Balaban J connectivity index is 1.73. The highest BCUT2D eigenvalue weighted by Gasteiger charge is 2.30. The Morgan fingerprint density at radius 2 is 1.81 bits per heavy atom. The summed E-state index contributed by atoms with van der Waals surface area (Å²) in [4.78, 5) is 23.3. The third-order valence-corrected chi connectivity index (χ3v) is 3.40. The Labute approximate surface area is 154 Å². The van der Waals surface area contributed by atoms with Crippen molar-refractivity contribution in [3.8, 4) is 5.75 Å². The molecular formula is C19H18F3NO4. The van der Waals surface area contributed by atoms with Gasteiger partial charge in [-0.2, -0.15) is 13.2 Å². The van der Waals surface area contributed by atoms with E-state index >= 15 is 0 Å². The predicted octanol–water partition coefficient (Wildman–Crippen LogP) is 3.96. The van der Waals surface area contributed by atoms with Crippen LogP contribution in [0.1, 0.15) is 17.5 Å². The fourth-order valence-corrected chi connectivity index (χ4v) is 2.15. The van der Waals surface area contributed by atoms with Gasteiger partial charge >= 0.3 is 12.1 Å². The number of esters is 1. The summed E-state index contributed by atoms with van der Waals surface area (Å²) in [5, 5.41) is 2.25. The Kier molecular flexibility index (Phi) is 6.81. The van der Waals surface area contributed by atoms with Gasteiger partial charge in [0.15, 0.2) is 6.61 Å². The molecule has 0 fully saturated rings. The molecule has 0 aliphatic rings. The van der Waals surface area contributed by atoms with Crippen molar-refractivity contribution < 1.29 is 32.2 Å². The molecule has 5 nitrogen and oxygen atoms in total. The minimum atomic E-state index is -4.51. The number of amides is 1. The quantitative estimate of drug-likeness (QED) is 0.738. The largest absolute Gasteiger partial charge is 0.493 e. The summed E-state index contributed by atoms with van der Waals surface area (Å²) in [6.07, 6.45) is -4.57. The zero-order valence-electron chi connectivity index (χ0n) is 14.5. The van der Waals surface area contributed by atoms with Crippen LogP contribution in [0, 0.1) is 6.92 Å². The number of rotatable bonds is 7. The first-order valence-electron chi connectivity index (χ1n) is 8.06. The molecule has 1 amide bonds. The van der Waals surface area contributed by atoms with E-state index in [1.807, 2.05) is 25.1 Å². The van der Waals surface area contributed by atoms with Crippen molar-refractivity contribution in [2.45, 2.75) is 19.5 Å². The van der Waals surface area contributed by atoms with Gasteiger partial charge in [-0.15, -0.1) is 0 Å². The minimum Gasteiger partial charge on any atom is -0.493 e. The zero-order chi connectivity index (χ0) is 19.9. The van der Waals surface area contributed by atoms with Crippen molar-refractivity contribution in [2.75, 3.05) is 18.5 Å². The fourth-order valence-electron chi connectivity index (χ4n) is 2.15. The minimum absolute atomic E-state index is 0.0337. The van der Waals surface area contributed by atoms with Gasteiger partial charge in [-0.25, -0.2) is 0 Å². The molecule has 0 heterocycles. The van der Waals surface area contributed by atoms with Gasteiger partial charge in [0.1, 0.15) is 5.75 Å². The molecule has 27 heavy (non-hydrogen) atoms. The third-order valence-electron chi connectivity index (χ3n) is 3.40. The summed E-state index contributed by atoms with van der Waals surface area (Å²) in [5.41, 5.74) is 0.0978. The van der Waals surface area contributed by atoms with Gasteiger partial charge in [-0.05, 0) is 42.8 Å². The summed E-state index contributed by atoms with van der Waals surface area (Å²) in [5.74, 6) is -0.769. The number of ether oxygens (including phenoxy) is 2. The van der Waals surface area contributed by atoms with Crippen LogP contribution in [-0.4, -0.2) is 25.1 Å². The van der Waals surface area contributed by atoms with E-state index in [0.717, 1.165) is 17.7 Å². The second kappa shape index (κ2) is 9.07. The van der Waals surface area contributed by atoms with Crippen LogP contribution in [0.25, 0.3) is 0 Å². The molecule has 0 bridgehead atoms. The second-order valence-electron chi connectivity index (χ2n) is 5.70. The van der Waals surface area contributed by atoms with Crippen LogP contribution < -0.4 is 10.1 Å². The fraction of sp³-hybridized carbons (Fsp3) is 0.263. The van der Waals surface area contributed by atoms with Crippen molar-refractivity contribution in [3.05, 3.63) is 59.7 Å². The molecule has 0 saturated carbocycles. The lowest BCUT2D eigenvalue weighted by atomic mass is 10.2. The lowest BCUT2D eigenvalue weighted by Gasteiger charge is -2.10. The van der Waals surface area contributed by atoms with Crippen LogP contribution in [0.3, 0.4) is 0 Å².